The molecular formula is C16H15ClFNO2. The smallest absolute Gasteiger partial charge is 0.146 e. The number of nitrogens with one attached hydrogen (secondary N) is 1. The average Bonchev–Trinajstić information content (AvgIpc) is 2.49. The highest BCUT2D eigenvalue weighted by molar-refractivity contribution is 6.31. The summed E-state index contributed by atoms with van der Waals surface area (Å²) in [6.45, 7) is 3.18. The molecule has 21 heavy (non-hydrogen) atoms. The summed E-state index contributed by atoms with van der Waals surface area (Å²) in [5, 5.41) is 3.30. The van der Waals surface area contributed by atoms with Crippen molar-refractivity contribution in [3.63, 3.8) is 0 Å². The van der Waals surface area contributed by atoms with Crippen molar-refractivity contribution in [2.24, 2.45) is 0 Å². The Morgan fingerprint density at radius 2 is 2.10 bits per heavy atom. The Morgan fingerprint density at radius 3 is 2.81 bits per heavy atom. The maximum atomic E-state index is 13.5. The quantitative estimate of drug-likeness (QED) is 0.910. The van der Waals surface area contributed by atoms with Gasteiger partial charge in [-0.1, -0.05) is 23.7 Å². The predicted octanol–water partition coefficient (Wildman–Crippen LogP) is 4.42. The predicted molar refractivity (Wildman–Crippen MR) is 80.9 cm³/mol. The lowest BCUT2D eigenvalue weighted by Crippen LogP contribution is -2.23. The second-order valence-corrected chi connectivity index (χ2v) is 5.16. The molecule has 0 fully saturated rings. The van der Waals surface area contributed by atoms with Gasteiger partial charge < -0.3 is 14.8 Å². The number of fused-ring (bicyclic) bond motifs is 1. The molecule has 1 N–H and O–H groups in total. The van der Waals surface area contributed by atoms with Crippen LogP contribution in [0.4, 0.5) is 10.1 Å². The van der Waals surface area contributed by atoms with Crippen LogP contribution in [0.15, 0.2) is 36.4 Å². The maximum Gasteiger partial charge on any atom is 0.146 e. The molecule has 0 radical (unpaired) electrons. The highest BCUT2D eigenvalue weighted by Gasteiger charge is 2.22. The van der Waals surface area contributed by atoms with Crippen LogP contribution in [-0.2, 0) is 0 Å². The fourth-order valence-electron chi connectivity index (χ4n) is 2.29. The van der Waals surface area contributed by atoms with E-state index in [1.54, 1.807) is 6.07 Å². The molecule has 0 saturated carbocycles. The van der Waals surface area contributed by atoms with Gasteiger partial charge in [-0.2, -0.15) is 0 Å². The minimum absolute atomic E-state index is 0.0874. The van der Waals surface area contributed by atoms with E-state index in [-0.39, 0.29) is 11.1 Å². The second-order valence-electron chi connectivity index (χ2n) is 4.75. The lowest BCUT2D eigenvalue weighted by molar-refractivity contribution is 0.209. The number of benzene rings is 2. The largest absolute Gasteiger partial charge is 0.494 e. The molecule has 0 aliphatic carbocycles. The molecule has 1 aliphatic heterocycles. The van der Waals surface area contributed by atoms with Gasteiger partial charge >= 0.3 is 0 Å². The van der Waals surface area contributed by atoms with Crippen molar-refractivity contribution in [2.75, 3.05) is 18.5 Å². The van der Waals surface area contributed by atoms with Gasteiger partial charge in [-0.15, -0.1) is 0 Å². The van der Waals surface area contributed by atoms with Gasteiger partial charge in [0.1, 0.15) is 23.4 Å². The zero-order valence-electron chi connectivity index (χ0n) is 11.5. The van der Waals surface area contributed by atoms with E-state index >= 15 is 0 Å². The zero-order valence-corrected chi connectivity index (χ0v) is 12.3. The van der Waals surface area contributed by atoms with Crippen molar-refractivity contribution in [2.45, 2.75) is 13.0 Å². The first-order valence-electron chi connectivity index (χ1n) is 6.79. The number of rotatable bonds is 3. The molecule has 1 unspecified atom stereocenters. The first-order chi connectivity index (χ1) is 10.2. The highest BCUT2D eigenvalue weighted by Crippen LogP contribution is 2.37. The average molecular weight is 308 g/mol. The molecule has 1 heterocycles. The van der Waals surface area contributed by atoms with Crippen molar-refractivity contribution in [1.82, 2.24) is 0 Å². The zero-order chi connectivity index (χ0) is 14.8. The summed E-state index contributed by atoms with van der Waals surface area (Å²) in [6, 6.07) is 10.6. The van der Waals surface area contributed by atoms with E-state index in [0.29, 0.717) is 24.6 Å². The van der Waals surface area contributed by atoms with Crippen LogP contribution in [0.2, 0.25) is 5.02 Å². The van der Waals surface area contributed by atoms with Crippen LogP contribution < -0.4 is 14.8 Å². The normalized spacial score (nSPS) is 16.6. The van der Waals surface area contributed by atoms with E-state index in [9.17, 15) is 4.39 Å². The van der Waals surface area contributed by atoms with Gasteiger partial charge in [0, 0.05) is 6.07 Å². The molecule has 0 saturated heterocycles. The van der Waals surface area contributed by atoms with Crippen LogP contribution in [0.25, 0.3) is 0 Å². The standard InChI is InChI=1S/C16H15ClFNO2/c1-2-20-11-5-3-10(4-6-11)16-9-19-14-7-12(17)13(18)8-15(14)21-16/h3-8,16,19H,2,9H2,1H3. The van der Waals surface area contributed by atoms with Crippen LogP contribution in [0.3, 0.4) is 0 Å². The van der Waals surface area contributed by atoms with Crippen molar-refractivity contribution in [3.8, 4) is 11.5 Å². The summed E-state index contributed by atoms with van der Waals surface area (Å²) in [6.07, 6.45) is -0.172. The van der Waals surface area contributed by atoms with Gasteiger partial charge in [0.25, 0.3) is 0 Å². The molecule has 0 bridgehead atoms. The Kier molecular flexibility index (Phi) is 3.88. The minimum atomic E-state index is -0.482. The third-order valence-corrected chi connectivity index (χ3v) is 3.62. The highest BCUT2D eigenvalue weighted by atomic mass is 35.5. The number of hydrogen-bond acceptors (Lipinski definition) is 3. The monoisotopic (exact) mass is 307 g/mol. The first kappa shape index (κ1) is 14.0. The molecule has 2 aromatic carbocycles. The van der Waals surface area contributed by atoms with Crippen molar-refractivity contribution < 1.29 is 13.9 Å². The molecule has 0 aromatic heterocycles. The van der Waals surface area contributed by atoms with Gasteiger partial charge in [0.2, 0.25) is 0 Å². The Labute approximate surface area is 127 Å². The number of halogens is 2. The molecule has 3 nitrogen and oxygen atoms in total. The third-order valence-electron chi connectivity index (χ3n) is 3.33. The summed E-state index contributed by atoms with van der Waals surface area (Å²) in [7, 11) is 0. The fourth-order valence-corrected chi connectivity index (χ4v) is 2.46. The summed E-state index contributed by atoms with van der Waals surface area (Å²) in [4.78, 5) is 0. The molecule has 0 amide bonds. The molecule has 1 aliphatic rings. The summed E-state index contributed by atoms with van der Waals surface area (Å²) < 4.78 is 24.8. The Morgan fingerprint density at radius 1 is 1.33 bits per heavy atom. The lowest BCUT2D eigenvalue weighted by Gasteiger charge is -2.28. The van der Waals surface area contributed by atoms with E-state index in [1.807, 2.05) is 31.2 Å². The van der Waals surface area contributed by atoms with Crippen molar-refractivity contribution in [3.05, 3.63) is 52.8 Å². The van der Waals surface area contributed by atoms with Crippen molar-refractivity contribution >= 4 is 17.3 Å². The van der Waals surface area contributed by atoms with Gasteiger partial charge in [-0.05, 0) is 30.7 Å². The topological polar surface area (TPSA) is 30.5 Å². The summed E-state index contributed by atoms with van der Waals surface area (Å²) >= 11 is 5.76. The molecule has 110 valence electrons. The first-order valence-corrected chi connectivity index (χ1v) is 7.17. The van der Waals surface area contributed by atoms with Gasteiger partial charge in [-0.3, -0.25) is 0 Å². The Balaban J connectivity index is 1.80. The van der Waals surface area contributed by atoms with Crippen LogP contribution in [0.5, 0.6) is 11.5 Å². The van der Waals surface area contributed by atoms with Crippen molar-refractivity contribution in [1.29, 1.82) is 0 Å². The molecule has 3 rings (SSSR count). The van der Waals surface area contributed by atoms with E-state index < -0.39 is 5.82 Å². The molecule has 2 aromatic rings. The van der Waals surface area contributed by atoms with Crippen LogP contribution in [-0.4, -0.2) is 13.2 Å². The molecule has 0 spiro atoms. The van der Waals surface area contributed by atoms with E-state index in [4.69, 9.17) is 21.1 Å². The molecule has 5 heteroatoms. The summed E-state index contributed by atoms with van der Waals surface area (Å²) in [5.41, 5.74) is 1.72. The summed E-state index contributed by atoms with van der Waals surface area (Å²) in [5.74, 6) is 0.815. The van der Waals surface area contributed by atoms with Gasteiger partial charge in [0.15, 0.2) is 0 Å². The van der Waals surface area contributed by atoms with E-state index in [0.717, 1.165) is 11.3 Å². The van der Waals surface area contributed by atoms with Gasteiger partial charge in [-0.25, -0.2) is 4.39 Å². The van der Waals surface area contributed by atoms with Crippen LogP contribution >= 0.6 is 11.6 Å². The Hall–Kier alpha value is -1.94. The minimum Gasteiger partial charge on any atom is -0.494 e. The lowest BCUT2D eigenvalue weighted by atomic mass is 10.1. The third kappa shape index (κ3) is 2.90. The number of anilines is 1. The van der Waals surface area contributed by atoms with E-state index in [2.05, 4.69) is 5.32 Å². The SMILES string of the molecule is CCOc1ccc(C2CNc3cc(Cl)c(F)cc3O2)cc1. The number of ether oxygens (including phenoxy) is 2. The molecule has 1 atom stereocenters. The molecular weight excluding hydrogens is 293 g/mol. The fraction of sp³-hybridized carbons (Fsp3) is 0.250. The van der Waals surface area contributed by atoms with E-state index in [1.165, 1.54) is 6.07 Å². The number of hydrogen-bond donors (Lipinski definition) is 1. The van der Waals surface area contributed by atoms with Crippen LogP contribution in [0, 0.1) is 5.82 Å². The van der Waals surface area contributed by atoms with Crippen LogP contribution in [0.1, 0.15) is 18.6 Å². The second kappa shape index (κ2) is 5.82. The Bertz CT molecular complexity index is 645. The maximum absolute atomic E-state index is 13.5. The van der Waals surface area contributed by atoms with Gasteiger partial charge in [0.05, 0.1) is 23.9 Å².